The van der Waals surface area contributed by atoms with E-state index in [0.29, 0.717) is 11.5 Å². The van der Waals surface area contributed by atoms with Gasteiger partial charge in [0.15, 0.2) is 0 Å². The Morgan fingerprint density at radius 2 is 2.05 bits per heavy atom. The highest BCUT2D eigenvalue weighted by Gasteiger charge is 2.31. The monoisotopic (exact) mass is 298 g/mol. The van der Waals surface area contributed by atoms with Crippen LogP contribution in [0.25, 0.3) is 0 Å². The molecule has 116 valence electrons. The smallest absolute Gasteiger partial charge is 0.299 e. The molecule has 1 aromatic rings. The Morgan fingerprint density at radius 1 is 1.29 bits per heavy atom. The van der Waals surface area contributed by atoms with Gasteiger partial charge in [0.25, 0.3) is 0 Å². The minimum Gasteiger partial charge on any atom is -0.299 e. The molecular weight excluding hydrogens is 277 g/mol. The second kappa shape index (κ2) is 6.63. The third kappa shape index (κ3) is 4.32. The van der Waals surface area contributed by atoms with Crippen LogP contribution in [0.15, 0.2) is 24.3 Å². The molecule has 1 nitrogen and oxygen atoms in total. The summed E-state index contributed by atoms with van der Waals surface area (Å²) in [6.07, 6.45) is 0.847. The maximum atomic E-state index is 12.7. The van der Waals surface area contributed by atoms with E-state index < -0.39 is 11.7 Å². The molecule has 0 radical (unpaired) electrons. The SMILES string of the molecule is CCC1CCCC(C(=O)Cc2cccc(C(F)(F)F)c2)C1. The van der Waals surface area contributed by atoms with Crippen molar-refractivity contribution in [1.82, 2.24) is 0 Å². The van der Waals surface area contributed by atoms with Gasteiger partial charge in [0, 0.05) is 12.3 Å². The molecule has 1 aliphatic carbocycles. The minimum absolute atomic E-state index is 0.0262. The fraction of sp³-hybridized carbons (Fsp3) is 0.588. The van der Waals surface area contributed by atoms with E-state index in [9.17, 15) is 18.0 Å². The molecule has 2 rings (SSSR count). The van der Waals surface area contributed by atoms with Gasteiger partial charge in [0.05, 0.1) is 5.56 Å². The summed E-state index contributed by atoms with van der Waals surface area (Å²) < 4.78 is 38.0. The zero-order valence-corrected chi connectivity index (χ0v) is 12.2. The topological polar surface area (TPSA) is 17.1 Å². The van der Waals surface area contributed by atoms with Gasteiger partial charge in [-0.25, -0.2) is 0 Å². The summed E-state index contributed by atoms with van der Waals surface area (Å²) in [5.41, 5.74) is -0.212. The Kier molecular flexibility index (Phi) is 5.07. The fourth-order valence-corrected chi connectivity index (χ4v) is 3.16. The van der Waals surface area contributed by atoms with Gasteiger partial charge >= 0.3 is 6.18 Å². The van der Waals surface area contributed by atoms with Crippen LogP contribution in [0, 0.1) is 11.8 Å². The van der Waals surface area contributed by atoms with E-state index >= 15 is 0 Å². The van der Waals surface area contributed by atoms with Crippen LogP contribution in [0.2, 0.25) is 0 Å². The van der Waals surface area contributed by atoms with Gasteiger partial charge in [0.1, 0.15) is 5.78 Å². The molecule has 0 N–H and O–H groups in total. The summed E-state index contributed by atoms with van der Waals surface area (Å²) >= 11 is 0. The predicted octanol–water partition coefficient (Wildman–Crippen LogP) is 5.03. The lowest BCUT2D eigenvalue weighted by molar-refractivity contribution is -0.137. The van der Waals surface area contributed by atoms with Gasteiger partial charge < -0.3 is 0 Å². The molecule has 0 amide bonds. The number of hydrogen-bond donors (Lipinski definition) is 0. The first-order chi connectivity index (χ1) is 9.90. The van der Waals surface area contributed by atoms with Gasteiger partial charge in [0.2, 0.25) is 0 Å². The number of halogens is 3. The lowest BCUT2D eigenvalue weighted by atomic mass is 9.77. The van der Waals surface area contributed by atoms with Gasteiger partial charge in [-0.1, -0.05) is 44.4 Å². The largest absolute Gasteiger partial charge is 0.416 e. The number of carbonyl (C=O) groups excluding carboxylic acids is 1. The fourth-order valence-electron chi connectivity index (χ4n) is 3.16. The van der Waals surface area contributed by atoms with Crippen molar-refractivity contribution in [2.45, 2.75) is 51.6 Å². The molecule has 2 unspecified atom stereocenters. The molecule has 4 heteroatoms. The Labute approximate surface area is 123 Å². The van der Waals surface area contributed by atoms with E-state index in [-0.39, 0.29) is 18.1 Å². The number of benzene rings is 1. The zero-order valence-electron chi connectivity index (χ0n) is 12.2. The van der Waals surface area contributed by atoms with Crippen LogP contribution in [0.5, 0.6) is 0 Å². The standard InChI is InChI=1S/C17H21F3O/c1-2-12-5-3-7-14(9-12)16(21)11-13-6-4-8-15(10-13)17(18,19)20/h4,6,8,10,12,14H,2-3,5,7,9,11H2,1H3. The van der Waals surface area contributed by atoms with Crippen molar-refractivity contribution in [2.75, 3.05) is 0 Å². The van der Waals surface area contributed by atoms with E-state index in [1.807, 2.05) is 0 Å². The van der Waals surface area contributed by atoms with E-state index in [2.05, 4.69) is 6.92 Å². The highest BCUT2D eigenvalue weighted by atomic mass is 19.4. The Hall–Kier alpha value is -1.32. The van der Waals surface area contributed by atoms with Crippen molar-refractivity contribution in [3.05, 3.63) is 35.4 Å². The van der Waals surface area contributed by atoms with Crippen molar-refractivity contribution in [2.24, 2.45) is 11.8 Å². The van der Waals surface area contributed by atoms with Crippen LogP contribution in [0.1, 0.15) is 50.2 Å². The molecule has 1 aromatic carbocycles. The first-order valence-electron chi connectivity index (χ1n) is 7.59. The Balaban J connectivity index is 2.02. The second-order valence-electron chi connectivity index (χ2n) is 5.98. The van der Waals surface area contributed by atoms with Gasteiger partial charge in [-0.2, -0.15) is 13.2 Å². The molecule has 0 aliphatic heterocycles. The molecule has 21 heavy (non-hydrogen) atoms. The quantitative estimate of drug-likeness (QED) is 0.761. The molecule has 0 saturated heterocycles. The van der Waals surface area contributed by atoms with Crippen LogP contribution in [-0.2, 0) is 17.4 Å². The summed E-state index contributed by atoms with van der Waals surface area (Å²) in [6, 6.07) is 5.12. The number of alkyl halides is 3. The predicted molar refractivity (Wildman–Crippen MR) is 75.9 cm³/mol. The van der Waals surface area contributed by atoms with Crippen LogP contribution < -0.4 is 0 Å². The van der Waals surface area contributed by atoms with E-state index in [1.165, 1.54) is 12.5 Å². The first-order valence-corrected chi connectivity index (χ1v) is 7.59. The lowest BCUT2D eigenvalue weighted by Gasteiger charge is -2.27. The highest BCUT2D eigenvalue weighted by Crippen LogP contribution is 2.33. The van der Waals surface area contributed by atoms with Gasteiger partial charge in [-0.3, -0.25) is 4.79 Å². The number of rotatable bonds is 4. The second-order valence-corrected chi connectivity index (χ2v) is 5.98. The summed E-state index contributed by atoms with van der Waals surface area (Å²) in [6.45, 7) is 2.13. The molecule has 1 aliphatic rings. The first kappa shape index (κ1) is 16.1. The number of Topliss-reactive ketones (excluding diaryl/α,β-unsaturated/α-hetero) is 1. The summed E-state index contributed by atoms with van der Waals surface area (Å²) in [4.78, 5) is 12.3. The molecular formula is C17H21F3O. The van der Waals surface area contributed by atoms with E-state index in [4.69, 9.17) is 0 Å². The maximum Gasteiger partial charge on any atom is 0.416 e. The molecule has 1 fully saturated rings. The maximum absolute atomic E-state index is 12.7. The van der Waals surface area contributed by atoms with Crippen molar-refractivity contribution in [1.29, 1.82) is 0 Å². The van der Waals surface area contributed by atoms with Crippen LogP contribution in [0.4, 0.5) is 13.2 Å². The third-order valence-electron chi connectivity index (χ3n) is 4.45. The van der Waals surface area contributed by atoms with Crippen molar-refractivity contribution < 1.29 is 18.0 Å². The summed E-state index contributed by atoms with van der Waals surface area (Å²) in [5, 5.41) is 0. The Bertz CT molecular complexity index is 493. The Morgan fingerprint density at radius 3 is 2.71 bits per heavy atom. The number of hydrogen-bond acceptors (Lipinski definition) is 1. The zero-order chi connectivity index (χ0) is 15.5. The van der Waals surface area contributed by atoms with Crippen molar-refractivity contribution >= 4 is 5.78 Å². The van der Waals surface area contributed by atoms with Crippen LogP contribution in [0.3, 0.4) is 0 Å². The average molecular weight is 298 g/mol. The van der Waals surface area contributed by atoms with Gasteiger partial charge in [-0.15, -0.1) is 0 Å². The minimum atomic E-state index is -4.35. The third-order valence-corrected chi connectivity index (χ3v) is 4.45. The molecule has 1 saturated carbocycles. The molecule has 0 aromatic heterocycles. The molecule has 0 spiro atoms. The average Bonchev–Trinajstić information content (AvgIpc) is 2.46. The number of ketones is 1. The normalized spacial score (nSPS) is 23.0. The highest BCUT2D eigenvalue weighted by molar-refractivity contribution is 5.83. The summed E-state index contributed by atoms with van der Waals surface area (Å²) in [5.74, 6) is 0.708. The van der Waals surface area contributed by atoms with Crippen molar-refractivity contribution in [3.8, 4) is 0 Å². The molecule has 0 heterocycles. The van der Waals surface area contributed by atoms with Crippen LogP contribution >= 0.6 is 0 Å². The number of carbonyl (C=O) groups is 1. The lowest BCUT2D eigenvalue weighted by Crippen LogP contribution is -2.24. The van der Waals surface area contributed by atoms with E-state index in [0.717, 1.165) is 37.8 Å². The molecule has 0 bridgehead atoms. The molecule has 2 atom stereocenters. The van der Waals surface area contributed by atoms with Gasteiger partial charge in [-0.05, 0) is 30.4 Å². The van der Waals surface area contributed by atoms with Crippen molar-refractivity contribution in [3.63, 3.8) is 0 Å². The summed E-state index contributed by atoms with van der Waals surface area (Å²) in [7, 11) is 0. The van der Waals surface area contributed by atoms with Crippen LogP contribution in [-0.4, -0.2) is 5.78 Å². The van der Waals surface area contributed by atoms with E-state index in [1.54, 1.807) is 6.07 Å².